The Morgan fingerprint density at radius 2 is 1.57 bits per heavy atom. The summed E-state index contributed by atoms with van der Waals surface area (Å²) in [5.41, 5.74) is 1.57. The van der Waals surface area contributed by atoms with Gasteiger partial charge in [0.05, 0.1) is 15.5 Å². The number of fused-ring (bicyclic) bond motifs is 1. The molecule has 1 atom stereocenters. The second-order valence-electron chi connectivity index (χ2n) is 8.81. The molecule has 2 aromatic heterocycles. The molecule has 0 bridgehead atoms. The summed E-state index contributed by atoms with van der Waals surface area (Å²) in [6, 6.07) is 17.7. The molecule has 190 valence electrons. The predicted molar refractivity (Wildman–Crippen MR) is 141 cm³/mol. The van der Waals surface area contributed by atoms with E-state index in [1.165, 1.54) is 22.6 Å². The lowest BCUT2D eigenvalue weighted by molar-refractivity contribution is 0.178. The lowest BCUT2D eigenvalue weighted by Crippen LogP contribution is -2.27. The van der Waals surface area contributed by atoms with Crippen LogP contribution in [0, 0.1) is 12.3 Å². The minimum Gasteiger partial charge on any atom is -0.386 e. The molecule has 1 aliphatic rings. The van der Waals surface area contributed by atoms with E-state index in [2.05, 4.69) is 10.9 Å². The molecular formula is C27H25N3O5S2. The number of aliphatic hydroxyl groups excluding tert-OH is 1. The first-order valence-electron chi connectivity index (χ1n) is 11.8. The van der Waals surface area contributed by atoms with Gasteiger partial charge in [0.25, 0.3) is 10.0 Å². The van der Waals surface area contributed by atoms with Crippen molar-refractivity contribution in [1.29, 1.82) is 0 Å². The fraction of sp³-hybridized carbons (Fsp3) is 0.222. The molecule has 2 aromatic carbocycles. The van der Waals surface area contributed by atoms with Crippen molar-refractivity contribution < 1.29 is 21.9 Å². The monoisotopic (exact) mass is 535 g/mol. The summed E-state index contributed by atoms with van der Waals surface area (Å²) in [6.45, 7) is 1.03. The van der Waals surface area contributed by atoms with E-state index < -0.39 is 26.2 Å². The van der Waals surface area contributed by atoms with Crippen molar-refractivity contribution in [3.8, 4) is 23.5 Å². The highest BCUT2D eigenvalue weighted by molar-refractivity contribution is 7.90. The molecular weight excluding hydrogens is 510 g/mol. The number of pyridine rings is 1. The minimum absolute atomic E-state index is 0.0466. The van der Waals surface area contributed by atoms with Gasteiger partial charge >= 0.3 is 0 Å². The van der Waals surface area contributed by atoms with Crippen molar-refractivity contribution in [2.45, 2.75) is 35.2 Å². The number of aliphatic hydroxyl groups is 1. The van der Waals surface area contributed by atoms with E-state index >= 15 is 0 Å². The topological polar surface area (TPSA) is 110 Å². The number of hydrogen-bond donors (Lipinski definition) is 1. The van der Waals surface area contributed by atoms with Crippen LogP contribution in [-0.4, -0.2) is 48.3 Å². The Morgan fingerprint density at radius 1 is 0.919 bits per heavy atom. The second-order valence-corrected chi connectivity index (χ2v) is 12.5. The first-order valence-corrected chi connectivity index (χ1v) is 14.7. The summed E-state index contributed by atoms with van der Waals surface area (Å²) in [6.07, 6.45) is 7.28. The molecule has 1 aliphatic heterocycles. The molecule has 10 heteroatoms. The zero-order valence-electron chi connectivity index (χ0n) is 19.9. The van der Waals surface area contributed by atoms with Crippen molar-refractivity contribution in [2.75, 3.05) is 13.1 Å². The largest absolute Gasteiger partial charge is 0.386 e. The fourth-order valence-electron chi connectivity index (χ4n) is 4.63. The number of aromatic nitrogens is 2. The Balaban J connectivity index is 1.66. The number of rotatable bonds is 7. The van der Waals surface area contributed by atoms with Gasteiger partial charge in [-0.25, -0.2) is 25.8 Å². The zero-order chi connectivity index (χ0) is 26.2. The molecule has 0 saturated carbocycles. The third kappa shape index (κ3) is 4.45. The standard InChI is InChI=1S/C27H25N3O5S2/c1-2-8-26(31)25-19-24-23(20-11-13-22(14-12-20)36(32,33)29-17-6-7-18-29)15-16-28-27(24)30(25)37(34,35)21-9-4-3-5-10-21/h1,3-5,9-16,19,26,31H,6-8,17-18H2. The van der Waals surface area contributed by atoms with Crippen molar-refractivity contribution in [3.63, 3.8) is 0 Å². The van der Waals surface area contributed by atoms with Crippen LogP contribution in [0.15, 0.2) is 82.7 Å². The fourth-order valence-corrected chi connectivity index (χ4v) is 7.68. The van der Waals surface area contributed by atoms with Gasteiger partial charge in [-0.15, -0.1) is 12.3 Å². The van der Waals surface area contributed by atoms with Crippen LogP contribution in [0.3, 0.4) is 0 Å². The molecule has 3 heterocycles. The molecule has 0 radical (unpaired) electrons. The molecule has 1 saturated heterocycles. The molecule has 1 fully saturated rings. The van der Waals surface area contributed by atoms with Crippen molar-refractivity contribution in [2.24, 2.45) is 0 Å². The van der Waals surface area contributed by atoms with Crippen LogP contribution < -0.4 is 0 Å². The predicted octanol–water partition coefficient (Wildman–Crippen LogP) is 3.78. The van der Waals surface area contributed by atoms with Gasteiger partial charge in [-0.3, -0.25) is 0 Å². The summed E-state index contributed by atoms with van der Waals surface area (Å²) in [5.74, 6) is 2.38. The minimum atomic E-state index is -4.11. The molecule has 8 nitrogen and oxygen atoms in total. The molecule has 1 N–H and O–H groups in total. The van der Waals surface area contributed by atoms with Gasteiger partial charge in [0.15, 0.2) is 5.65 Å². The van der Waals surface area contributed by atoms with Crippen molar-refractivity contribution >= 4 is 31.1 Å². The van der Waals surface area contributed by atoms with Crippen LogP contribution in [-0.2, 0) is 20.0 Å². The highest BCUT2D eigenvalue weighted by Gasteiger charge is 2.29. The van der Waals surface area contributed by atoms with Crippen LogP contribution >= 0.6 is 0 Å². The molecule has 0 aliphatic carbocycles. The van der Waals surface area contributed by atoms with Gasteiger partial charge in [-0.05, 0) is 60.4 Å². The van der Waals surface area contributed by atoms with Gasteiger partial charge in [-0.1, -0.05) is 30.3 Å². The highest BCUT2D eigenvalue weighted by atomic mass is 32.2. The number of benzene rings is 2. The van der Waals surface area contributed by atoms with Gasteiger partial charge in [0, 0.05) is 31.1 Å². The van der Waals surface area contributed by atoms with Crippen LogP contribution in [0.4, 0.5) is 0 Å². The molecule has 1 unspecified atom stereocenters. The lowest BCUT2D eigenvalue weighted by Gasteiger charge is -2.15. The normalized spacial score (nSPS) is 15.6. The summed E-state index contributed by atoms with van der Waals surface area (Å²) >= 11 is 0. The van der Waals surface area contributed by atoms with Crippen LogP contribution in [0.1, 0.15) is 31.1 Å². The molecule has 0 spiro atoms. The quantitative estimate of drug-likeness (QED) is 0.361. The number of hydrogen-bond acceptors (Lipinski definition) is 6. The lowest BCUT2D eigenvalue weighted by atomic mass is 10.0. The van der Waals surface area contributed by atoms with Gasteiger partial charge in [0.1, 0.15) is 6.10 Å². The first kappa shape index (κ1) is 25.2. The average molecular weight is 536 g/mol. The summed E-state index contributed by atoms with van der Waals surface area (Å²) in [7, 11) is -7.67. The number of terminal acetylenes is 1. The van der Waals surface area contributed by atoms with E-state index in [9.17, 15) is 21.9 Å². The molecule has 5 rings (SSSR count). The van der Waals surface area contributed by atoms with E-state index in [1.807, 2.05) is 0 Å². The van der Waals surface area contributed by atoms with E-state index in [-0.39, 0.29) is 27.6 Å². The van der Waals surface area contributed by atoms with E-state index in [0.29, 0.717) is 29.6 Å². The van der Waals surface area contributed by atoms with Crippen LogP contribution in [0.2, 0.25) is 0 Å². The van der Waals surface area contributed by atoms with E-state index in [1.54, 1.807) is 54.6 Å². The van der Waals surface area contributed by atoms with Crippen molar-refractivity contribution in [1.82, 2.24) is 13.3 Å². The van der Waals surface area contributed by atoms with Crippen molar-refractivity contribution in [3.05, 3.63) is 78.6 Å². The second kappa shape index (κ2) is 9.76. The summed E-state index contributed by atoms with van der Waals surface area (Å²) in [4.78, 5) is 4.60. The maximum Gasteiger partial charge on any atom is 0.269 e. The smallest absolute Gasteiger partial charge is 0.269 e. The Labute approximate surface area is 216 Å². The molecule has 4 aromatic rings. The number of nitrogens with zero attached hydrogens (tertiary/aromatic N) is 3. The SMILES string of the molecule is C#CCC(O)c1cc2c(-c3ccc(S(=O)(=O)N4CCCC4)cc3)ccnc2n1S(=O)(=O)c1ccccc1. The summed E-state index contributed by atoms with van der Waals surface area (Å²) in [5, 5.41) is 11.3. The number of sulfonamides is 1. The zero-order valence-corrected chi connectivity index (χ0v) is 21.5. The Bertz CT molecular complexity index is 1700. The third-order valence-electron chi connectivity index (χ3n) is 6.49. The molecule has 37 heavy (non-hydrogen) atoms. The first-order chi connectivity index (χ1) is 17.7. The third-order valence-corrected chi connectivity index (χ3v) is 10.1. The Hall–Kier alpha value is -3.49. The molecule has 0 amide bonds. The van der Waals surface area contributed by atoms with Gasteiger partial charge in [-0.2, -0.15) is 4.31 Å². The maximum absolute atomic E-state index is 13.7. The Kier molecular flexibility index (Phi) is 6.64. The highest BCUT2D eigenvalue weighted by Crippen LogP contribution is 2.35. The summed E-state index contributed by atoms with van der Waals surface area (Å²) < 4.78 is 55.7. The van der Waals surface area contributed by atoms with E-state index in [0.717, 1.165) is 16.8 Å². The Morgan fingerprint density at radius 3 is 2.22 bits per heavy atom. The van der Waals surface area contributed by atoms with Gasteiger partial charge < -0.3 is 5.11 Å². The maximum atomic E-state index is 13.7. The van der Waals surface area contributed by atoms with Crippen LogP contribution in [0.5, 0.6) is 0 Å². The van der Waals surface area contributed by atoms with Crippen LogP contribution in [0.25, 0.3) is 22.2 Å². The van der Waals surface area contributed by atoms with Gasteiger partial charge in [0.2, 0.25) is 10.0 Å². The van der Waals surface area contributed by atoms with E-state index in [4.69, 9.17) is 6.42 Å². The average Bonchev–Trinajstić information content (AvgIpc) is 3.59.